The van der Waals surface area contributed by atoms with E-state index in [-0.39, 0.29) is 24.3 Å². The number of nitrogens with two attached hydrogens (primary N) is 2. The summed E-state index contributed by atoms with van der Waals surface area (Å²) in [5, 5.41) is 32.5. The average molecular weight is 484 g/mol. The van der Waals surface area contributed by atoms with E-state index in [4.69, 9.17) is 26.8 Å². The Morgan fingerprint density at radius 2 is 1.29 bits per heavy atom. The zero-order valence-electron chi connectivity index (χ0n) is 16.2. The van der Waals surface area contributed by atoms with Gasteiger partial charge in [-0.15, -0.1) is 0 Å². The van der Waals surface area contributed by atoms with Crippen LogP contribution in [0.4, 0.5) is 0 Å². The molecule has 3 atom stereocenters. The van der Waals surface area contributed by atoms with Crippen LogP contribution in [0.5, 0.6) is 0 Å². The molecular formula is C15H25N5O9S2. The fourth-order valence-corrected chi connectivity index (χ4v) is 4.04. The molecular weight excluding hydrogens is 458 g/mol. The summed E-state index contributed by atoms with van der Waals surface area (Å²) in [4.78, 5) is 67.5. The van der Waals surface area contributed by atoms with Crippen molar-refractivity contribution < 1.29 is 44.1 Å². The lowest BCUT2D eigenvalue weighted by molar-refractivity contribution is -0.139. The number of nitrogens with one attached hydrogen (secondary N) is 3. The number of amides is 3. The molecule has 31 heavy (non-hydrogen) atoms. The van der Waals surface area contributed by atoms with Gasteiger partial charge < -0.3 is 42.7 Å². The van der Waals surface area contributed by atoms with E-state index in [1.165, 1.54) is 0 Å². The number of carboxylic acid groups (broad SMARTS) is 3. The average Bonchev–Trinajstić information content (AvgIpc) is 2.69. The maximum atomic E-state index is 12.1. The highest BCUT2D eigenvalue weighted by atomic mass is 33.1. The largest absolute Gasteiger partial charge is 0.480 e. The molecule has 0 rings (SSSR count). The van der Waals surface area contributed by atoms with Gasteiger partial charge in [0.15, 0.2) is 0 Å². The minimum absolute atomic E-state index is 0.0176. The molecule has 3 amide bonds. The first-order valence-electron chi connectivity index (χ1n) is 8.70. The molecule has 0 saturated heterocycles. The van der Waals surface area contributed by atoms with Crippen LogP contribution in [0.2, 0.25) is 0 Å². The summed E-state index contributed by atoms with van der Waals surface area (Å²) in [6, 6.07) is -3.39. The van der Waals surface area contributed by atoms with Gasteiger partial charge >= 0.3 is 17.9 Å². The Kier molecular flexibility index (Phi) is 14.0. The van der Waals surface area contributed by atoms with Crippen molar-refractivity contribution in [2.24, 2.45) is 11.5 Å². The Hall–Kier alpha value is -2.56. The molecule has 0 aliphatic heterocycles. The van der Waals surface area contributed by atoms with Crippen LogP contribution in [-0.2, 0) is 28.8 Å². The number of carbonyl (C=O) groups is 6. The van der Waals surface area contributed by atoms with Crippen molar-refractivity contribution in [2.75, 3.05) is 24.6 Å². The molecule has 0 aliphatic rings. The van der Waals surface area contributed by atoms with E-state index < -0.39 is 66.8 Å². The van der Waals surface area contributed by atoms with Crippen molar-refractivity contribution >= 4 is 57.2 Å². The molecule has 176 valence electrons. The first-order valence-corrected chi connectivity index (χ1v) is 11.2. The maximum absolute atomic E-state index is 12.1. The smallest absolute Gasteiger partial charge is 0.322 e. The zero-order chi connectivity index (χ0) is 24.0. The normalized spacial score (nSPS) is 13.4. The van der Waals surface area contributed by atoms with Gasteiger partial charge in [-0.2, -0.15) is 0 Å². The Balaban J connectivity index is 4.63. The minimum Gasteiger partial charge on any atom is -0.480 e. The summed E-state index contributed by atoms with van der Waals surface area (Å²) in [5.41, 5.74) is 10.9. The quantitative estimate of drug-likeness (QED) is 0.0795. The van der Waals surface area contributed by atoms with Gasteiger partial charge in [0.1, 0.15) is 25.2 Å². The van der Waals surface area contributed by atoms with Crippen LogP contribution in [0.3, 0.4) is 0 Å². The molecule has 10 N–H and O–H groups in total. The molecule has 3 unspecified atom stereocenters. The van der Waals surface area contributed by atoms with Crippen LogP contribution in [0.25, 0.3) is 0 Å². The Morgan fingerprint density at radius 3 is 1.81 bits per heavy atom. The minimum atomic E-state index is -1.29. The van der Waals surface area contributed by atoms with Gasteiger partial charge in [-0.1, -0.05) is 21.6 Å². The van der Waals surface area contributed by atoms with Crippen LogP contribution >= 0.6 is 21.6 Å². The maximum Gasteiger partial charge on any atom is 0.322 e. The first kappa shape index (κ1) is 28.4. The second-order valence-electron chi connectivity index (χ2n) is 6.00. The molecule has 0 fully saturated rings. The molecule has 0 radical (unpaired) electrons. The van der Waals surface area contributed by atoms with E-state index in [1.54, 1.807) is 0 Å². The second-order valence-corrected chi connectivity index (χ2v) is 8.55. The predicted molar refractivity (Wildman–Crippen MR) is 111 cm³/mol. The summed E-state index contributed by atoms with van der Waals surface area (Å²) in [5.74, 6) is -5.83. The molecule has 0 aromatic rings. The standard InChI is InChI=1S/C15H25N5O9S2/c16-7(15(28)29)1-2-10(21)20-9(14(27)19-4-12(24)25)6-31-30-5-8(17)13(26)18-3-11(22)23/h7-9H,1-6,16-17H2,(H,18,26)(H,19,27)(H,20,21)(H,22,23)(H,24,25)(H,28,29). The summed E-state index contributed by atoms with van der Waals surface area (Å²) in [6.45, 7) is -1.24. The zero-order valence-corrected chi connectivity index (χ0v) is 17.9. The van der Waals surface area contributed by atoms with E-state index in [0.29, 0.717) is 0 Å². The number of aliphatic carboxylic acids is 3. The molecule has 0 saturated carbocycles. The van der Waals surface area contributed by atoms with Crippen molar-refractivity contribution in [3.8, 4) is 0 Å². The van der Waals surface area contributed by atoms with Crippen LogP contribution in [0.1, 0.15) is 12.8 Å². The van der Waals surface area contributed by atoms with Crippen molar-refractivity contribution in [2.45, 2.75) is 31.0 Å². The lowest BCUT2D eigenvalue weighted by Crippen LogP contribution is -2.49. The van der Waals surface area contributed by atoms with Gasteiger partial charge in [-0.05, 0) is 6.42 Å². The van der Waals surface area contributed by atoms with Crippen molar-refractivity contribution in [3.63, 3.8) is 0 Å². The van der Waals surface area contributed by atoms with Crippen LogP contribution in [0.15, 0.2) is 0 Å². The lowest BCUT2D eigenvalue weighted by atomic mass is 10.1. The van der Waals surface area contributed by atoms with Crippen LogP contribution < -0.4 is 27.4 Å². The molecule has 14 nitrogen and oxygen atoms in total. The van der Waals surface area contributed by atoms with Gasteiger partial charge in [-0.3, -0.25) is 28.8 Å². The van der Waals surface area contributed by atoms with E-state index in [2.05, 4.69) is 16.0 Å². The van der Waals surface area contributed by atoms with Crippen molar-refractivity contribution in [1.82, 2.24) is 16.0 Å². The van der Waals surface area contributed by atoms with E-state index in [0.717, 1.165) is 21.6 Å². The highest BCUT2D eigenvalue weighted by Crippen LogP contribution is 2.22. The molecule has 0 aromatic heterocycles. The topological polar surface area (TPSA) is 251 Å². The van der Waals surface area contributed by atoms with Crippen LogP contribution in [-0.4, -0.2) is 93.7 Å². The summed E-state index contributed by atoms with van der Waals surface area (Å²) < 4.78 is 0. The summed E-state index contributed by atoms with van der Waals surface area (Å²) in [7, 11) is 2.15. The number of carbonyl (C=O) groups excluding carboxylic acids is 3. The molecule has 0 aliphatic carbocycles. The van der Waals surface area contributed by atoms with E-state index in [1.807, 2.05) is 0 Å². The van der Waals surface area contributed by atoms with Gasteiger partial charge in [0.25, 0.3) is 0 Å². The Morgan fingerprint density at radius 1 is 0.774 bits per heavy atom. The molecule has 0 aromatic carbocycles. The highest BCUT2D eigenvalue weighted by molar-refractivity contribution is 8.76. The first-order chi connectivity index (χ1) is 14.4. The van der Waals surface area contributed by atoms with Gasteiger partial charge in [0.2, 0.25) is 17.7 Å². The monoisotopic (exact) mass is 483 g/mol. The molecule has 0 heterocycles. The number of rotatable bonds is 16. The molecule has 16 heteroatoms. The SMILES string of the molecule is NC(CCC(=O)NC(CSSCC(N)C(=O)NCC(=O)O)C(=O)NCC(=O)O)C(=O)O. The highest BCUT2D eigenvalue weighted by Gasteiger charge is 2.23. The van der Waals surface area contributed by atoms with Gasteiger partial charge in [0, 0.05) is 17.9 Å². The fourth-order valence-electron chi connectivity index (χ4n) is 1.75. The van der Waals surface area contributed by atoms with Crippen molar-refractivity contribution in [1.29, 1.82) is 0 Å². The van der Waals surface area contributed by atoms with E-state index in [9.17, 15) is 28.8 Å². The third-order valence-electron chi connectivity index (χ3n) is 3.38. The Bertz CT molecular complexity index is 679. The molecule has 0 spiro atoms. The second kappa shape index (κ2) is 15.3. The third-order valence-corrected chi connectivity index (χ3v) is 5.83. The Labute approximate surface area is 184 Å². The lowest BCUT2D eigenvalue weighted by Gasteiger charge is -2.18. The summed E-state index contributed by atoms with van der Waals surface area (Å²) in [6.07, 6.45) is -0.421. The predicted octanol–water partition coefficient (Wildman–Crippen LogP) is -3.23. The van der Waals surface area contributed by atoms with E-state index >= 15 is 0 Å². The number of hydrogen-bond acceptors (Lipinski definition) is 10. The number of hydrogen-bond donors (Lipinski definition) is 8. The molecule has 0 bridgehead atoms. The number of carboxylic acids is 3. The van der Waals surface area contributed by atoms with Gasteiger partial charge in [-0.25, -0.2) is 0 Å². The fraction of sp³-hybridized carbons (Fsp3) is 0.600. The van der Waals surface area contributed by atoms with Crippen LogP contribution in [0, 0.1) is 0 Å². The van der Waals surface area contributed by atoms with Crippen molar-refractivity contribution in [3.05, 3.63) is 0 Å². The third kappa shape index (κ3) is 14.1. The van der Waals surface area contributed by atoms with Gasteiger partial charge in [0.05, 0.1) is 6.04 Å². The summed E-state index contributed by atoms with van der Waals surface area (Å²) >= 11 is 0.